The maximum atomic E-state index is 12.7. The molecule has 0 bridgehead atoms. The number of benzene rings is 1. The number of carbonyl (C=O) groups excluding carboxylic acids is 5. The number of nitrogens with one attached hydrogen (secondary N) is 4. The molecule has 0 fully saturated rings. The van der Waals surface area contributed by atoms with Gasteiger partial charge in [-0.15, -0.1) is 0 Å². The van der Waals surface area contributed by atoms with E-state index in [2.05, 4.69) is 21.3 Å². The van der Waals surface area contributed by atoms with Crippen LogP contribution in [0.2, 0.25) is 0 Å². The molecule has 3 atom stereocenters. The van der Waals surface area contributed by atoms with Crippen LogP contribution in [-0.2, 0) is 30.5 Å². The Kier molecular flexibility index (Phi) is 15.7. The van der Waals surface area contributed by atoms with Crippen LogP contribution >= 0.6 is 0 Å². The molecular weight excluding hydrogens is 500 g/mol. The zero-order valence-electron chi connectivity index (χ0n) is 21.2. The fraction of sp³-hybridized carbons (Fsp3) is 0.542. The molecular formula is C24H38N6O8. The molecule has 212 valence electrons. The Morgan fingerprint density at radius 1 is 0.947 bits per heavy atom. The highest BCUT2D eigenvalue weighted by atomic mass is 16.5. The number of primary amides is 1. The second-order valence-electron chi connectivity index (χ2n) is 8.51. The van der Waals surface area contributed by atoms with Crippen LogP contribution in [0.4, 0.5) is 4.79 Å². The lowest BCUT2D eigenvalue weighted by atomic mass is 10.1. The van der Waals surface area contributed by atoms with Crippen LogP contribution in [-0.4, -0.2) is 84.4 Å². The number of aliphatic hydroxyl groups is 2. The molecule has 5 amide bonds. The van der Waals surface area contributed by atoms with Gasteiger partial charge in [0, 0.05) is 19.5 Å². The summed E-state index contributed by atoms with van der Waals surface area (Å²) in [5.41, 5.74) is 11.4. The SMILES string of the molecule is NC(=O)C(N)CCCCNC(=O)CCC(NC(=O)OCc1ccccc1)C(=O)NCC(=O)NCC(O)CO. The first-order chi connectivity index (χ1) is 18.1. The summed E-state index contributed by atoms with van der Waals surface area (Å²) in [7, 11) is 0. The third-order valence-corrected chi connectivity index (χ3v) is 5.28. The number of carbonyl (C=O) groups is 5. The smallest absolute Gasteiger partial charge is 0.408 e. The van der Waals surface area contributed by atoms with Gasteiger partial charge in [0.1, 0.15) is 12.6 Å². The van der Waals surface area contributed by atoms with E-state index in [-0.39, 0.29) is 31.9 Å². The highest BCUT2D eigenvalue weighted by Crippen LogP contribution is 2.04. The van der Waals surface area contributed by atoms with Crippen molar-refractivity contribution in [3.63, 3.8) is 0 Å². The molecule has 0 saturated heterocycles. The Labute approximate surface area is 220 Å². The summed E-state index contributed by atoms with van der Waals surface area (Å²) in [6.45, 7) is -0.891. The van der Waals surface area contributed by atoms with Gasteiger partial charge in [-0.25, -0.2) is 4.79 Å². The van der Waals surface area contributed by atoms with E-state index >= 15 is 0 Å². The van der Waals surface area contributed by atoms with Crippen molar-refractivity contribution in [3.05, 3.63) is 35.9 Å². The molecule has 14 nitrogen and oxygen atoms in total. The predicted octanol–water partition coefficient (Wildman–Crippen LogP) is -2.25. The molecule has 0 aliphatic rings. The second-order valence-corrected chi connectivity index (χ2v) is 8.51. The number of alkyl carbamates (subject to hydrolysis) is 1. The first-order valence-electron chi connectivity index (χ1n) is 12.2. The average Bonchev–Trinajstić information content (AvgIpc) is 2.91. The van der Waals surface area contributed by atoms with E-state index in [1.54, 1.807) is 24.3 Å². The van der Waals surface area contributed by atoms with Crippen LogP contribution in [0.5, 0.6) is 0 Å². The Morgan fingerprint density at radius 3 is 2.32 bits per heavy atom. The van der Waals surface area contributed by atoms with E-state index < -0.39 is 55.2 Å². The van der Waals surface area contributed by atoms with E-state index in [4.69, 9.17) is 21.3 Å². The molecule has 0 aliphatic heterocycles. The van der Waals surface area contributed by atoms with Crippen molar-refractivity contribution in [1.29, 1.82) is 0 Å². The fourth-order valence-electron chi connectivity index (χ4n) is 3.05. The Balaban J connectivity index is 2.56. The molecule has 10 N–H and O–H groups in total. The van der Waals surface area contributed by atoms with Gasteiger partial charge in [-0.3, -0.25) is 19.2 Å². The average molecular weight is 539 g/mol. The monoisotopic (exact) mass is 538 g/mol. The highest BCUT2D eigenvalue weighted by molar-refractivity contribution is 5.90. The van der Waals surface area contributed by atoms with Crippen LogP contribution in [0.25, 0.3) is 0 Å². The molecule has 0 heterocycles. The van der Waals surface area contributed by atoms with Gasteiger partial charge in [-0.05, 0) is 31.2 Å². The fourth-order valence-corrected chi connectivity index (χ4v) is 3.05. The summed E-state index contributed by atoms with van der Waals surface area (Å²) in [6, 6.07) is 6.98. The van der Waals surface area contributed by atoms with E-state index in [1.807, 2.05) is 6.07 Å². The normalized spacial score (nSPS) is 12.9. The van der Waals surface area contributed by atoms with Crippen LogP contribution in [0.3, 0.4) is 0 Å². The van der Waals surface area contributed by atoms with Crippen LogP contribution in [0.1, 0.15) is 37.7 Å². The van der Waals surface area contributed by atoms with Gasteiger partial charge in [0.05, 0.1) is 25.3 Å². The topological polar surface area (TPSA) is 235 Å². The summed E-state index contributed by atoms with van der Waals surface area (Å²) in [5.74, 6) is -2.29. The number of ether oxygens (including phenoxy) is 1. The maximum Gasteiger partial charge on any atom is 0.408 e. The van der Waals surface area contributed by atoms with Gasteiger partial charge in [0.15, 0.2) is 0 Å². The summed E-state index contributed by atoms with van der Waals surface area (Å²) < 4.78 is 5.14. The third-order valence-electron chi connectivity index (χ3n) is 5.28. The van der Waals surface area contributed by atoms with Crippen LogP contribution in [0.15, 0.2) is 30.3 Å². The molecule has 14 heteroatoms. The van der Waals surface area contributed by atoms with Crippen molar-refractivity contribution in [2.75, 3.05) is 26.2 Å². The summed E-state index contributed by atoms with van der Waals surface area (Å²) >= 11 is 0. The number of amides is 5. The number of nitrogens with two attached hydrogens (primary N) is 2. The quantitative estimate of drug-likeness (QED) is 0.0941. The zero-order valence-corrected chi connectivity index (χ0v) is 21.2. The van der Waals surface area contributed by atoms with E-state index in [1.165, 1.54) is 0 Å². The van der Waals surface area contributed by atoms with Gasteiger partial charge in [-0.1, -0.05) is 30.3 Å². The number of unbranched alkanes of at least 4 members (excludes halogenated alkanes) is 1. The Bertz CT molecular complexity index is 901. The standard InChI is InChI=1S/C24H38N6O8/c25-18(22(26)35)8-4-5-11-27-20(33)10-9-19(23(36)29-13-21(34)28-12-17(32)14-31)30-24(37)38-15-16-6-2-1-3-7-16/h1-3,6-7,17-19,31-32H,4-5,8-15,25H2,(H2,26,35)(H,27,33)(H,28,34)(H,29,36)(H,30,37). The van der Waals surface area contributed by atoms with E-state index in [9.17, 15) is 29.1 Å². The van der Waals surface area contributed by atoms with Crippen molar-refractivity contribution < 1.29 is 38.9 Å². The molecule has 0 radical (unpaired) electrons. The number of rotatable bonds is 18. The number of hydrogen-bond acceptors (Lipinski definition) is 9. The third kappa shape index (κ3) is 14.7. The first-order valence-corrected chi connectivity index (χ1v) is 12.2. The minimum absolute atomic E-state index is 0.0313. The molecule has 1 aromatic carbocycles. The summed E-state index contributed by atoms with van der Waals surface area (Å²) in [4.78, 5) is 60.0. The lowest BCUT2D eigenvalue weighted by Crippen LogP contribution is -2.50. The van der Waals surface area contributed by atoms with Gasteiger partial charge in [0.2, 0.25) is 23.6 Å². The van der Waals surface area contributed by atoms with Crippen molar-refractivity contribution in [2.24, 2.45) is 11.5 Å². The number of hydrogen-bond donors (Lipinski definition) is 8. The molecule has 3 unspecified atom stereocenters. The van der Waals surface area contributed by atoms with Crippen molar-refractivity contribution in [3.8, 4) is 0 Å². The van der Waals surface area contributed by atoms with Gasteiger partial charge >= 0.3 is 6.09 Å². The van der Waals surface area contributed by atoms with Crippen LogP contribution in [0, 0.1) is 0 Å². The van der Waals surface area contributed by atoms with Gasteiger partial charge in [0.25, 0.3) is 0 Å². The lowest BCUT2D eigenvalue weighted by molar-refractivity contribution is -0.128. The molecule has 1 aromatic rings. The molecule has 0 aromatic heterocycles. The zero-order chi connectivity index (χ0) is 28.3. The van der Waals surface area contributed by atoms with E-state index in [0.29, 0.717) is 25.8 Å². The second kappa shape index (κ2) is 18.5. The molecule has 1 rings (SSSR count). The molecule has 38 heavy (non-hydrogen) atoms. The van der Waals surface area contributed by atoms with Gasteiger partial charge in [-0.2, -0.15) is 0 Å². The Hall–Kier alpha value is -3.75. The molecule has 0 spiro atoms. The highest BCUT2D eigenvalue weighted by Gasteiger charge is 2.23. The van der Waals surface area contributed by atoms with Gasteiger partial charge < -0.3 is 47.7 Å². The Morgan fingerprint density at radius 2 is 1.66 bits per heavy atom. The largest absolute Gasteiger partial charge is 0.445 e. The first kappa shape index (κ1) is 32.3. The summed E-state index contributed by atoms with van der Waals surface area (Å²) in [6.07, 6.45) is -0.641. The maximum absolute atomic E-state index is 12.7. The summed E-state index contributed by atoms with van der Waals surface area (Å²) in [5, 5.41) is 27.9. The minimum Gasteiger partial charge on any atom is -0.445 e. The predicted molar refractivity (Wildman–Crippen MR) is 136 cm³/mol. The van der Waals surface area contributed by atoms with Crippen molar-refractivity contribution in [1.82, 2.24) is 21.3 Å². The van der Waals surface area contributed by atoms with Crippen LogP contribution < -0.4 is 32.7 Å². The molecule has 0 aliphatic carbocycles. The van der Waals surface area contributed by atoms with E-state index in [0.717, 1.165) is 5.56 Å². The van der Waals surface area contributed by atoms with Crippen molar-refractivity contribution in [2.45, 2.75) is 56.9 Å². The number of aliphatic hydroxyl groups excluding tert-OH is 2. The lowest BCUT2D eigenvalue weighted by Gasteiger charge is -2.18. The molecule has 0 saturated carbocycles. The minimum atomic E-state index is -1.17. The van der Waals surface area contributed by atoms with Crippen molar-refractivity contribution >= 4 is 29.7 Å².